The Kier molecular flexibility index (Phi) is 5.26. The fourth-order valence-corrected chi connectivity index (χ4v) is 3.72. The van der Waals surface area contributed by atoms with Gasteiger partial charge in [-0.25, -0.2) is 4.90 Å². The minimum Gasteiger partial charge on any atom is -0.324 e. The summed E-state index contributed by atoms with van der Waals surface area (Å²) in [7, 11) is 0. The molecule has 0 radical (unpaired) electrons. The van der Waals surface area contributed by atoms with Gasteiger partial charge in [0.2, 0.25) is 5.91 Å². The van der Waals surface area contributed by atoms with E-state index in [1.807, 2.05) is 12.1 Å². The molecule has 2 heterocycles. The number of amides is 3. The fraction of sp³-hybridized carbons (Fsp3) is 0.286. The lowest BCUT2D eigenvalue weighted by atomic mass is 10.0. The smallest absolute Gasteiger partial charge is 0.263 e. The summed E-state index contributed by atoms with van der Waals surface area (Å²) in [6.07, 6.45) is 0. The van der Waals surface area contributed by atoms with Crippen molar-refractivity contribution in [2.45, 2.75) is 31.8 Å². The first-order valence-corrected chi connectivity index (χ1v) is 9.93. The zero-order chi connectivity index (χ0) is 21.4. The first-order valence-electron chi connectivity index (χ1n) is 9.56. The van der Waals surface area contributed by atoms with Gasteiger partial charge < -0.3 is 5.32 Å². The van der Waals surface area contributed by atoms with Gasteiger partial charge in [-0.15, -0.1) is 0 Å². The molecule has 1 saturated heterocycles. The maximum Gasteiger partial charge on any atom is 0.263 e. The Bertz CT molecular complexity index is 1040. The Balaban J connectivity index is 1.48. The van der Waals surface area contributed by atoms with Gasteiger partial charge in [0, 0.05) is 10.7 Å². The molecule has 1 fully saturated rings. The highest BCUT2D eigenvalue weighted by atomic mass is 35.5. The number of carbonyl (C=O) groups excluding carboxylic acids is 3. The van der Waals surface area contributed by atoms with E-state index in [1.165, 1.54) is 5.01 Å². The van der Waals surface area contributed by atoms with Crippen LogP contribution in [0.3, 0.4) is 0 Å². The van der Waals surface area contributed by atoms with Crippen LogP contribution in [0.4, 0.5) is 11.4 Å². The van der Waals surface area contributed by atoms with E-state index >= 15 is 0 Å². The Morgan fingerprint density at radius 2 is 1.87 bits per heavy atom. The number of halogens is 1. The zero-order valence-corrected chi connectivity index (χ0v) is 17.2. The maximum atomic E-state index is 13.0. The van der Waals surface area contributed by atoms with Gasteiger partial charge in [-0.05, 0) is 41.8 Å². The number of fused-ring (bicyclic) bond motifs is 1. The number of rotatable bonds is 5. The van der Waals surface area contributed by atoms with E-state index in [0.29, 0.717) is 22.3 Å². The molecule has 0 aromatic heterocycles. The van der Waals surface area contributed by atoms with Crippen LogP contribution in [0.5, 0.6) is 0 Å². The molecule has 0 aliphatic carbocycles. The SMILES string of the molecule is CC(C)c1ccc(N2C(=O)[C@H]3N=NN(CC(=O)Nc4cccc(Cl)c4)[C@H]3C2=O)cc1. The molecule has 2 aliphatic rings. The van der Waals surface area contributed by atoms with Crippen molar-refractivity contribution >= 4 is 40.7 Å². The van der Waals surface area contributed by atoms with Gasteiger partial charge in [0.25, 0.3) is 11.8 Å². The number of benzene rings is 2. The van der Waals surface area contributed by atoms with Gasteiger partial charge in [-0.2, -0.15) is 5.11 Å². The van der Waals surface area contributed by atoms with Crippen molar-refractivity contribution in [2.75, 3.05) is 16.8 Å². The number of hydrogen-bond donors (Lipinski definition) is 1. The molecular weight excluding hydrogens is 406 g/mol. The van der Waals surface area contributed by atoms with Crippen LogP contribution in [-0.2, 0) is 14.4 Å². The summed E-state index contributed by atoms with van der Waals surface area (Å²) in [5.74, 6) is -0.936. The molecule has 0 saturated carbocycles. The molecule has 1 N–H and O–H groups in total. The average molecular weight is 426 g/mol. The second kappa shape index (κ2) is 7.87. The molecule has 2 aromatic carbocycles. The van der Waals surface area contributed by atoms with E-state index in [-0.39, 0.29) is 6.54 Å². The lowest BCUT2D eigenvalue weighted by Crippen LogP contribution is -2.43. The summed E-state index contributed by atoms with van der Waals surface area (Å²) in [4.78, 5) is 39.3. The lowest BCUT2D eigenvalue weighted by molar-refractivity contribution is -0.123. The third-order valence-corrected chi connectivity index (χ3v) is 5.32. The summed E-state index contributed by atoms with van der Waals surface area (Å²) >= 11 is 5.93. The van der Waals surface area contributed by atoms with Gasteiger partial charge in [0.1, 0.15) is 6.54 Å². The molecule has 2 atom stereocenters. The van der Waals surface area contributed by atoms with Crippen molar-refractivity contribution in [3.8, 4) is 0 Å². The second-order valence-corrected chi connectivity index (χ2v) is 7.95. The normalized spacial score (nSPS) is 20.3. The van der Waals surface area contributed by atoms with Crippen molar-refractivity contribution in [1.29, 1.82) is 0 Å². The minimum absolute atomic E-state index is 0.212. The first-order chi connectivity index (χ1) is 14.3. The third-order valence-electron chi connectivity index (χ3n) is 5.09. The standard InChI is InChI=1S/C21H20ClN5O3/c1-12(2)13-6-8-16(9-7-13)27-20(29)18-19(21(27)30)26(25-24-18)11-17(28)23-15-5-3-4-14(22)10-15/h3-10,12,18-19H,11H2,1-2H3,(H,23,28)/t18-,19+/m0/s1. The summed E-state index contributed by atoms with van der Waals surface area (Å²) in [5.41, 5.74) is 2.13. The van der Waals surface area contributed by atoms with E-state index < -0.39 is 29.8 Å². The van der Waals surface area contributed by atoms with E-state index in [4.69, 9.17) is 11.6 Å². The largest absolute Gasteiger partial charge is 0.324 e. The quantitative estimate of drug-likeness (QED) is 0.743. The van der Waals surface area contributed by atoms with E-state index in [9.17, 15) is 14.4 Å². The van der Waals surface area contributed by atoms with Gasteiger partial charge in [0.05, 0.1) is 5.69 Å². The van der Waals surface area contributed by atoms with Crippen molar-refractivity contribution in [2.24, 2.45) is 10.3 Å². The third kappa shape index (κ3) is 3.66. The van der Waals surface area contributed by atoms with Crippen LogP contribution in [0.15, 0.2) is 58.9 Å². The highest BCUT2D eigenvalue weighted by Gasteiger charge is 2.55. The number of nitrogens with zero attached hydrogens (tertiary/aromatic N) is 4. The fourth-order valence-electron chi connectivity index (χ4n) is 3.53. The Morgan fingerprint density at radius 3 is 2.53 bits per heavy atom. The Labute approximate surface area is 178 Å². The lowest BCUT2D eigenvalue weighted by Gasteiger charge is -2.20. The molecule has 4 rings (SSSR count). The van der Waals surface area contributed by atoms with Crippen molar-refractivity contribution in [3.05, 3.63) is 59.1 Å². The summed E-state index contributed by atoms with van der Waals surface area (Å²) in [6, 6.07) is 12.1. The van der Waals surface area contributed by atoms with Gasteiger partial charge in [0.15, 0.2) is 12.1 Å². The van der Waals surface area contributed by atoms with E-state index in [1.54, 1.807) is 36.4 Å². The maximum absolute atomic E-state index is 13.0. The van der Waals surface area contributed by atoms with Crippen LogP contribution in [-0.4, -0.2) is 41.4 Å². The number of anilines is 2. The molecule has 9 heteroatoms. The van der Waals surface area contributed by atoms with Gasteiger partial charge in [-0.3, -0.25) is 19.4 Å². The summed E-state index contributed by atoms with van der Waals surface area (Å²) in [5, 5.41) is 12.3. The first kappa shape index (κ1) is 20.0. The van der Waals surface area contributed by atoms with Gasteiger partial charge >= 0.3 is 0 Å². The van der Waals surface area contributed by atoms with E-state index in [2.05, 4.69) is 29.5 Å². The molecule has 2 aliphatic heterocycles. The predicted octanol–water partition coefficient (Wildman–Crippen LogP) is 3.40. The number of carbonyl (C=O) groups is 3. The molecule has 8 nitrogen and oxygen atoms in total. The molecular formula is C21H20ClN5O3. The van der Waals surface area contributed by atoms with Crippen LogP contribution in [0.25, 0.3) is 0 Å². The predicted molar refractivity (Wildman–Crippen MR) is 112 cm³/mol. The number of nitrogens with one attached hydrogen (secondary N) is 1. The molecule has 154 valence electrons. The van der Waals surface area contributed by atoms with Gasteiger partial charge in [-0.1, -0.05) is 48.9 Å². The molecule has 3 amide bonds. The van der Waals surface area contributed by atoms with Crippen molar-refractivity contribution < 1.29 is 14.4 Å². The van der Waals surface area contributed by atoms with Crippen LogP contribution in [0.2, 0.25) is 5.02 Å². The second-order valence-electron chi connectivity index (χ2n) is 7.51. The summed E-state index contributed by atoms with van der Waals surface area (Å²) < 4.78 is 0. The topological polar surface area (TPSA) is 94.4 Å². The van der Waals surface area contributed by atoms with Crippen molar-refractivity contribution in [3.63, 3.8) is 0 Å². The van der Waals surface area contributed by atoms with E-state index in [0.717, 1.165) is 10.5 Å². The molecule has 2 aromatic rings. The van der Waals surface area contributed by atoms with Crippen molar-refractivity contribution in [1.82, 2.24) is 5.01 Å². The average Bonchev–Trinajstić information content (AvgIpc) is 3.21. The molecule has 30 heavy (non-hydrogen) atoms. The van der Waals surface area contributed by atoms with Crippen LogP contribution >= 0.6 is 11.6 Å². The Hall–Kier alpha value is -3.26. The minimum atomic E-state index is -0.943. The number of imide groups is 1. The van der Waals surface area contributed by atoms with Crippen LogP contribution in [0, 0.1) is 0 Å². The molecule has 0 spiro atoms. The Morgan fingerprint density at radius 1 is 1.13 bits per heavy atom. The molecule has 0 unspecified atom stereocenters. The van der Waals surface area contributed by atoms with Crippen LogP contribution in [0.1, 0.15) is 25.3 Å². The highest BCUT2D eigenvalue weighted by molar-refractivity contribution is 6.31. The highest BCUT2D eigenvalue weighted by Crippen LogP contribution is 2.32. The number of hydrogen-bond acceptors (Lipinski definition) is 6. The molecule has 0 bridgehead atoms. The monoisotopic (exact) mass is 425 g/mol. The van der Waals surface area contributed by atoms with Crippen LogP contribution < -0.4 is 10.2 Å². The zero-order valence-electron chi connectivity index (χ0n) is 16.4. The summed E-state index contributed by atoms with van der Waals surface area (Å²) in [6.45, 7) is 3.92.